The van der Waals surface area contributed by atoms with Crippen LogP contribution < -0.4 is 10.1 Å². The molecule has 0 fully saturated rings. The zero-order chi connectivity index (χ0) is 27.2. The second-order valence-electron chi connectivity index (χ2n) is 9.52. The van der Waals surface area contributed by atoms with E-state index < -0.39 is 0 Å². The van der Waals surface area contributed by atoms with Crippen molar-refractivity contribution in [1.29, 1.82) is 0 Å². The van der Waals surface area contributed by atoms with Crippen LogP contribution in [0, 0.1) is 19.8 Å². The number of thiophene rings is 1. The molecule has 202 valence electrons. The number of thioether (sulfide) groups is 1. The molecule has 1 aliphatic rings. The highest BCUT2D eigenvalue weighted by molar-refractivity contribution is 7.99. The van der Waals surface area contributed by atoms with Gasteiger partial charge in [-0.15, -0.1) is 28.1 Å². The fourth-order valence-electron chi connectivity index (χ4n) is 4.56. The molecule has 1 amide bonds. The lowest BCUT2D eigenvalue weighted by molar-refractivity contribution is -0.113. The average Bonchev–Trinajstić information content (AvgIpc) is 3.41. The molecule has 1 N–H and O–H groups in total. The van der Waals surface area contributed by atoms with Crippen molar-refractivity contribution in [3.63, 3.8) is 0 Å². The van der Waals surface area contributed by atoms with E-state index in [0.29, 0.717) is 34.0 Å². The maximum atomic E-state index is 13.0. The van der Waals surface area contributed by atoms with Crippen molar-refractivity contribution < 1.29 is 19.1 Å². The maximum absolute atomic E-state index is 13.0. The van der Waals surface area contributed by atoms with Gasteiger partial charge in [-0.1, -0.05) is 30.8 Å². The lowest BCUT2D eigenvalue weighted by atomic mass is 9.88. The first kappa shape index (κ1) is 27.9. The normalized spacial score (nSPS) is 14.6. The van der Waals surface area contributed by atoms with Crippen LogP contribution in [0.2, 0.25) is 0 Å². The smallest absolute Gasteiger partial charge is 0.341 e. The number of nitrogens with one attached hydrogen (secondary N) is 1. The van der Waals surface area contributed by atoms with Crippen LogP contribution in [-0.2, 0) is 35.5 Å². The molecule has 38 heavy (non-hydrogen) atoms. The third-order valence-corrected chi connectivity index (χ3v) is 8.38. The number of hydrogen-bond donors (Lipinski definition) is 1. The molecule has 0 aliphatic heterocycles. The number of allylic oxidation sites excluding steroid dienone is 1. The van der Waals surface area contributed by atoms with Crippen molar-refractivity contribution in [3.05, 3.63) is 63.8 Å². The molecule has 2 heterocycles. The van der Waals surface area contributed by atoms with Crippen LogP contribution in [0.3, 0.4) is 0 Å². The summed E-state index contributed by atoms with van der Waals surface area (Å²) in [7, 11) is 0. The molecule has 0 saturated heterocycles. The van der Waals surface area contributed by atoms with Gasteiger partial charge in [0.15, 0.2) is 11.0 Å². The molecular formula is C28H34N4O4S2. The summed E-state index contributed by atoms with van der Waals surface area (Å²) in [5.74, 6) is 1.51. The maximum Gasteiger partial charge on any atom is 0.341 e. The molecule has 1 atom stereocenters. The summed E-state index contributed by atoms with van der Waals surface area (Å²) in [5.41, 5.74) is 3.79. The predicted molar refractivity (Wildman–Crippen MR) is 151 cm³/mol. The number of hydrogen-bond acceptors (Lipinski definition) is 8. The van der Waals surface area contributed by atoms with Crippen molar-refractivity contribution in [2.45, 2.75) is 65.3 Å². The van der Waals surface area contributed by atoms with E-state index in [1.807, 2.05) is 30.5 Å². The van der Waals surface area contributed by atoms with E-state index in [9.17, 15) is 9.59 Å². The molecule has 10 heteroatoms. The van der Waals surface area contributed by atoms with Gasteiger partial charge in [0.2, 0.25) is 5.91 Å². The van der Waals surface area contributed by atoms with Crippen LogP contribution >= 0.6 is 23.1 Å². The van der Waals surface area contributed by atoms with E-state index in [-0.39, 0.29) is 30.8 Å². The van der Waals surface area contributed by atoms with Crippen LogP contribution in [0.5, 0.6) is 5.75 Å². The minimum absolute atomic E-state index is 0.119. The Morgan fingerprint density at radius 1 is 1.26 bits per heavy atom. The topological polar surface area (TPSA) is 95.3 Å². The summed E-state index contributed by atoms with van der Waals surface area (Å²) in [6.07, 6.45) is 4.52. The number of aryl methyl sites for hydroxylation is 2. The molecule has 1 aliphatic carbocycles. The number of esters is 1. The average molecular weight is 555 g/mol. The predicted octanol–water partition coefficient (Wildman–Crippen LogP) is 5.75. The third-order valence-electron chi connectivity index (χ3n) is 6.24. The number of anilines is 1. The van der Waals surface area contributed by atoms with Crippen LogP contribution in [0.4, 0.5) is 5.00 Å². The standard InChI is InChI=1S/C28H34N4O4S2/c1-6-10-32-23(15-36-20-12-18(4)11-19(5)13-20)30-31-28(32)37-16-24(33)29-26-25(27(34)35-7-2)21-9-8-17(3)14-22(21)38-26/h6,11-13,17H,1,7-10,14-16H2,2-5H3,(H,29,33). The fourth-order valence-corrected chi connectivity index (χ4v) is 6.74. The minimum Gasteiger partial charge on any atom is -0.486 e. The Bertz CT molecular complexity index is 1310. The number of fused-ring (bicyclic) bond motifs is 1. The summed E-state index contributed by atoms with van der Waals surface area (Å²) < 4.78 is 13.2. The van der Waals surface area contributed by atoms with Crippen molar-refractivity contribution in [2.24, 2.45) is 5.92 Å². The molecule has 0 saturated carbocycles. The van der Waals surface area contributed by atoms with Crippen LogP contribution in [-0.4, -0.2) is 39.0 Å². The zero-order valence-electron chi connectivity index (χ0n) is 22.3. The number of carbonyl (C=O) groups excluding carboxylic acids is 2. The monoisotopic (exact) mass is 554 g/mol. The first-order valence-electron chi connectivity index (χ1n) is 12.8. The van der Waals surface area contributed by atoms with Crippen LogP contribution in [0.1, 0.15) is 58.0 Å². The van der Waals surface area contributed by atoms with E-state index in [1.165, 1.54) is 23.1 Å². The van der Waals surface area contributed by atoms with Gasteiger partial charge in [0.05, 0.1) is 17.9 Å². The van der Waals surface area contributed by atoms with E-state index in [4.69, 9.17) is 9.47 Å². The van der Waals surface area contributed by atoms with Gasteiger partial charge in [0.25, 0.3) is 0 Å². The molecule has 0 radical (unpaired) electrons. The number of aromatic nitrogens is 3. The minimum atomic E-state index is -0.373. The summed E-state index contributed by atoms with van der Waals surface area (Å²) in [5, 5.41) is 12.7. The van der Waals surface area contributed by atoms with Gasteiger partial charge in [-0.3, -0.25) is 9.36 Å². The summed E-state index contributed by atoms with van der Waals surface area (Å²) in [6.45, 7) is 12.9. The van der Waals surface area contributed by atoms with E-state index in [1.54, 1.807) is 13.0 Å². The van der Waals surface area contributed by atoms with Gasteiger partial charge < -0.3 is 14.8 Å². The SMILES string of the molecule is C=CCn1c(COc2cc(C)cc(C)c2)nnc1SCC(=O)Nc1sc2c(c1C(=O)OCC)CCC(C)C2. The lowest BCUT2D eigenvalue weighted by Gasteiger charge is -2.18. The number of nitrogens with zero attached hydrogens (tertiary/aromatic N) is 3. The quantitative estimate of drug-likeness (QED) is 0.183. The highest BCUT2D eigenvalue weighted by Crippen LogP contribution is 2.40. The fraction of sp³-hybridized carbons (Fsp3) is 0.429. The Labute approximate surface area is 231 Å². The molecule has 1 unspecified atom stereocenters. The number of rotatable bonds is 11. The van der Waals surface area contributed by atoms with Gasteiger partial charge in [0.1, 0.15) is 17.4 Å². The summed E-state index contributed by atoms with van der Waals surface area (Å²) in [6, 6.07) is 6.05. The van der Waals surface area contributed by atoms with E-state index >= 15 is 0 Å². The van der Waals surface area contributed by atoms with Crippen LogP contribution in [0.25, 0.3) is 0 Å². The number of benzene rings is 1. The third kappa shape index (κ3) is 6.66. The zero-order valence-corrected chi connectivity index (χ0v) is 24.0. The van der Waals surface area contributed by atoms with Gasteiger partial charge in [-0.2, -0.15) is 0 Å². The molecule has 0 spiro atoms. The Morgan fingerprint density at radius 2 is 2.03 bits per heavy atom. The summed E-state index contributed by atoms with van der Waals surface area (Å²) in [4.78, 5) is 26.9. The van der Waals surface area contributed by atoms with Crippen LogP contribution in [0.15, 0.2) is 36.0 Å². The van der Waals surface area contributed by atoms with Crippen molar-refractivity contribution in [3.8, 4) is 5.75 Å². The molecular weight excluding hydrogens is 520 g/mol. The Morgan fingerprint density at radius 3 is 2.74 bits per heavy atom. The molecule has 8 nitrogen and oxygen atoms in total. The number of amides is 1. The first-order valence-corrected chi connectivity index (χ1v) is 14.6. The highest BCUT2D eigenvalue weighted by Gasteiger charge is 2.29. The van der Waals surface area contributed by atoms with Gasteiger partial charge in [-0.25, -0.2) is 4.79 Å². The van der Waals surface area contributed by atoms with Crippen molar-refractivity contribution >= 4 is 40.0 Å². The second-order valence-corrected chi connectivity index (χ2v) is 11.6. The van der Waals surface area contributed by atoms with Gasteiger partial charge in [0, 0.05) is 11.4 Å². The molecule has 1 aromatic carbocycles. The molecule has 2 aromatic heterocycles. The van der Waals surface area contributed by atoms with Gasteiger partial charge >= 0.3 is 5.97 Å². The van der Waals surface area contributed by atoms with Gasteiger partial charge in [-0.05, 0) is 74.8 Å². The molecule has 0 bridgehead atoms. The Balaban J connectivity index is 1.44. The number of carbonyl (C=O) groups is 2. The first-order chi connectivity index (χ1) is 18.3. The molecule has 3 aromatic rings. The second kappa shape index (κ2) is 12.6. The molecule has 4 rings (SSSR count). The lowest BCUT2D eigenvalue weighted by Crippen LogP contribution is -2.18. The Hall–Kier alpha value is -3.11. The summed E-state index contributed by atoms with van der Waals surface area (Å²) >= 11 is 2.77. The highest BCUT2D eigenvalue weighted by atomic mass is 32.2. The largest absolute Gasteiger partial charge is 0.486 e. The number of ether oxygens (including phenoxy) is 2. The van der Waals surface area contributed by atoms with Crippen molar-refractivity contribution in [1.82, 2.24) is 14.8 Å². The van der Waals surface area contributed by atoms with Crippen molar-refractivity contribution in [2.75, 3.05) is 17.7 Å². The van der Waals surface area contributed by atoms with E-state index in [0.717, 1.165) is 46.6 Å². The Kier molecular flexibility index (Phi) is 9.27. The van der Waals surface area contributed by atoms with E-state index in [2.05, 4.69) is 35.1 Å².